The lowest BCUT2D eigenvalue weighted by atomic mass is 10.1. The summed E-state index contributed by atoms with van der Waals surface area (Å²) in [7, 11) is 1.80. The monoisotopic (exact) mass is 406 g/mol. The third kappa shape index (κ3) is 5.78. The minimum absolute atomic E-state index is 0.0240. The summed E-state index contributed by atoms with van der Waals surface area (Å²) in [5.41, 5.74) is 0. The fourth-order valence-corrected chi connectivity index (χ4v) is 4.09. The standard InChI is InChI=1S/C20H27ClN4OS/c1-15(26-18-7-4-3-6-17(18)21)14-23-20(22-2)24-16-9-11-25(12-10-16)19-8-5-13-27-19/h3-8,13,15-16H,9-12,14H2,1-2H3,(H2,22,23,24). The minimum Gasteiger partial charge on any atom is -0.487 e. The van der Waals surface area contributed by atoms with Crippen molar-refractivity contribution in [3.8, 4) is 5.75 Å². The molecule has 1 fully saturated rings. The smallest absolute Gasteiger partial charge is 0.191 e. The molecule has 0 radical (unpaired) electrons. The van der Waals surface area contributed by atoms with Gasteiger partial charge in [-0.2, -0.15) is 0 Å². The fourth-order valence-electron chi connectivity index (χ4n) is 3.12. The first kappa shape index (κ1) is 19.8. The number of rotatable bonds is 6. The first-order valence-electron chi connectivity index (χ1n) is 9.32. The van der Waals surface area contributed by atoms with Crippen LogP contribution >= 0.6 is 22.9 Å². The Balaban J connectivity index is 1.41. The molecule has 1 aliphatic rings. The molecule has 0 spiro atoms. The van der Waals surface area contributed by atoms with Gasteiger partial charge in [0.1, 0.15) is 11.9 Å². The number of nitrogens with one attached hydrogen (secondary N) is 2. The molecule has 3 rings (SSSR count). The van der Waals surface area contributed by atoms with Crippen LogP contribution in [0.15, 0.2) is 46.8 Å². The second-order valence-corrected chi connectivity index (χ2v) is 8.00. The Morgan fingerprint density at radius 2 is 2.07 bits per heavy atom. The molecule has 2 aromatic rings. The molecule has 5 nitrogen and oxygen atoms in total. The summed E-state index contributed by atoms with van der Waals surface area (Å²) in [5, 5.41) is 11.0. The molecule has 0 amide bonds. The fraction of sp³-hybridized carbons (Fsp3) is 0.450. The van der Waals surface area contributed by atoms with Gasteiger partial charge in [0.15, 0.2) is 5.96 Å². The van der Waals surface area contributed by atoms with E-state index < -0.39 is 0 Å². The third-order valence-corrected chi connectivity index (χ3v) is 5.84. The molecule has 1 atom stereocenters. The van der Waals surface area contributed by atoms with Crippen molar-refractivity contribution in [2.45, 2.75) is 31.9 Å². The summed E-state index contributed by atoms with van der Waals surface area (Å²) in [6, 6.07) is 12.3. The number of hydrogen-bond donors (Lipinski definition) is 2. The van der Waals surface area contributed by atoms with Gasteiger partial charge in [0.25, 0.3) is 0 Å². The number of para-hydroxylation sites is 1. The highest BCUT2D eigenvalue weighted by Gasteiger charge is 2.20. The van der Waals surface area contributed by atoms with Crippen LogP contribution in [0, 0.1) is 0 Å². The Labute approximate surface area is 170 Å². The van der Waals surface area contributed by atoms with Crippen LogP contribution < -0.4 is 20.3 Å². The summed E-state index contributed by atoms with van der Waals surface area (Å²) in [5.74, 6) is 1.52. The first-order valence-corrected chi connectivity index (χ1v) is 10.6. The SMILES string of the molecule is CN=C(NCC(C)Oc1ccccc1Cl)NC1CCN(c2cccs2)CC1. The van der Waals surface area contributed by atoms with Gasteiger partial charge in [0.2, 0.25) is 0 Å². The second kappa shape index (κ2) is 9.85. The van der Waals surface area contributed by atoms with Crippen molar-refractivity contribution in [2.75, 3.05) is 31.6 Å². The van der Waals surface area contributed by atoms with Crippen molar-refractivity contribution in [3.63, 3.8) is 0 Å². The summed E-state index contributed by atoms with van der Waals surface area (Å²) in [4.78, 5) is 6.81. The Hall–Kier alpha value is -1.92. The Bertz CT molecular complexity index is 729. The molecule has 1 aliphatic heterocycles. The second-order valence-electron chi connectivity index (χ2n) is 6.67. The number of guanidine groups is 1. The van der Waals surface area contributed by atoms with Gasteiger partial charge in [0, 0.05) is 26.2 Å². The minimum atomic E-state index is -0.0240. The maximum absolute atomic E-state index is 6.15. The van der Waals surface area contributed by atoms with E-state index in [2.05, 4.69) is 38.0 Å². The molecule has 1 aromatic carbocycles. The van der Waals surface area contributed by atoms with E-state index in [0.29, 0.717) is 23.4 Å². The summed E-state index contributed by atoms with van der Waals surface area (Å²) in [6.45, 7) is 4.81. The van der Waals surface area contributed by atoms with Gasteiger partial charge in [-0.05, 0) is 49.4 Å². The molecule has 0 aliphatic carbocycles. The zero-order valence-electron chi connectivity index (χ0n) is 15.8. The van der Waals surface area contributed by atoms with Gasteiger partial charge in [-0.3, -0.25) is 4.99 Å². The number of halogens is 1. The lowest BCUT2D eigenvalue weighted by molar-refractivity contribution is 0.224. The molecule has 7 heteroatoms. The number of hydrogen-bond acceptors (Lipinski definition) is 4. The van der Waals surface area contributed by atoms with E-state index in [9.17, 15) is 0 Å². The number of nitrogens with zero attached hydrogens (tertiary/aromatic N) is 2. The van der Waals surface area contributed by atoms with Crippen LogP contribution in [0.4, 0.5) is 5.00 Å². The van der Waals surface area contributed by atoms with Crippen molar-refractivity contribution in [2.24, 2.45) is 4.99 Å². The average molecular weight is 407 g/mol. The van der Waals surface area contributed by atoms with Crippen LogP contribution in [0.2, 0.25) is 5.02 Å². The molecule has 1 unspecified atom stereocenters. The molecular formula is C20H27ClN4OS. The molecular weight excluding hydrogens is 380 g/mol. The van der Waals surface area contributed by atoms with Crippen molar-refractivity contribution in [1.82, 2.24) is 10.6 Å². The van der Waals surface area contributed by atoms with E-state index in [1.807, 2.05) is 42.5 Å². The van der Waals surface area contributed by atoms with Gasteiger partial charge >= 0.3 is 0 Å². The third-order valence-electron chi connectivity index (χ3n) is 4.60. The Kier molecular flexibility index (Phi) is 7.24. The summed E-state index contributed by atoms with van der Waals surface area (Å²) in [6.07, 6.45) is 2.18. The number of anilines is 1. The normalized spacial score (nSPS) is 16.9. The Morgan fingerprint density at radius 1 is 1.30 bits per heavy atom. The van der Waals surface area contributed by atoms with Crippen LogP contribution in [0.25, 0.3) is 0 Å². The van der Waals surface area contributed by atoms with E-state index in [0.717, 1.165) is 31.9 Å². The molecule has 0 bridgehead atoms. The van der Waals surface area contributed by atoms with Gasteiger partial charge < -0.3 is 20.3 Å². The maximum atomic E-state index is 6.15. The average Bonchev–Trinajstić information content (AvgIpc) is 3.22. The number of piperidine rings is 1. The highest BCUT2D eigenvalue weighted by molar-refractivity contribution is 7.14. The number of aliphatic imine (C=N–C) groups is 1. The van der Waals surface area contributed by atoms with Crippen LogP contribution in [0.1, 0.15) is 19.8 Å². The number of benzene rings is 1. The predicted octanol–water partition coefficient (Wildman–Crippen LogP) is 4.00. The molecule has 146 valence electrons. The van der Waals surface area contributed by atoms with Gasteiger partial charge in [-0.15, -0.1) is 11.3 Å². The quantitative estimate of drug-likeness (QED) is 0.562. The predicted molar refractivity (Wildman–Crippen MR) is 116 cm³/mol. The van der Waals surface area contributed by atoms with Crippen molar-refractivity contribution < 1.29 is 4.74 Å². The first-order chi connectivity index (χ1) is 13.2. The molecule has 0 saturated carbocycles. The van der Waals surface area contributed by atoms with Crippen LogP contribution in [-0.4, -0.2) is 44.8 Å². The largest absolute Gasteiger partial charge is 0.487 e. The molecule has 1 saturated heterocycles. The van der Waals surface area contributed by atoms with Crippen molar-refractivity contribution in [3.05, 3.63) is 46.8 Å². The van der Waals surface area contributed by atoms with Gasteiger partial charge in [-0.1, -0.05) is 23.7 Å². The Morgan fingerprint density at radius 3 is 2.74 bits per heavy atom. The number of ether oxygens (including phenoxy) is 1. The lowest BCUT2D eigenvalue weighted by Gasteiger charge is -2.33. The van der Waals surface area contributed by atoms with E-state index in [1.54, 1.807) is 7.05 Å². The zero-order chi connectivity index (χ0) is 19.1. The molecule has 27 heavy (non-hydrogen) atoms. The van der Waals surface area contributed by atoms with Crippen LogP contribution in [0.3, 0.4) is 0 Å². The van der Waals surface area contributed by atoms with E-state index in [1.165, 1.54) is 5.00 Å². The highest BCUT2D eigenvalue weighted by atomic mass is 35.5. The molecule has 1 aromatic heterocycles. The topological polar surface area (TPSA) is 48.9 Å². The zero-order valence-corrected chi connectivity index (χ0v) is 17.4. The van der Waals surface area contributed by atoms with E-state index in [4.69, 9.17) is 16.3 Å². The number of thiophene rings is 1. The van der Waals surface area contributed by atoms with E-state index >= 15 is 0 Å². The van der Waals surface area contributed by atoms with Gasteiger partial charge in [-0.25, -0.2) is 0 Å². The molecule has 2 heterocycles. The van der Waals surface area contributed by atoms with Gasteiger partial charge in [0.05, 0.1) is 16.6 Å². The van der Waals surface area contributed by atoms with E-state index in [-0.39, 0.29) is 6.10 Å². The van der Waals surface area contributed by atoms with Crippen molar-refractivity contribution >= 4 is 33.9 Å². The van der Waals surface area contributed by atoms with Crippen LogP contribution in [-0.2, 0) is 0 Å². The lowest BCUT2D eigenvalue weighted by Crippen LogP contribution is -2.50. The summed E-state index contributed by atoms with van der Waals surface area (Å²) < 4.78 is 5.90. The van der Waals surface area contributed by atoms with Crippen LogP contribution in [0.5, 0.6) is 5.75 Å². The van der Waals surface area contributed by atoms with Crippen molar-refractivity contribution in [1.29, 1.82) is 0 Å². The summed E-state index contributed by atoms with van der Waals surface area (Å²) >= 11 is 7.96. The highest BCUT2D eigenvalue weighted by Crippen LogP contribution is 2.25. The maximum Gasteiger partial charge on any atom is 0.191 e. The molecule has 2 N–H and O–H groups in total.